The van der Waals surface area contributed by atoms with Crippen LogP contribution in [-0.4, -0.2) is 62.3 Å². The Balaban J connectivity index is 1.49. The maximum absolute atomic E-state index is 15.7. The third kappa shape index (κ3) is 4.73. The Labute approximate surface area is 245 Å². The predicted molar refractivity (Wildman–Crippen MR) is 148 cm³/mol. The number of ether oxygens (including phenoxy) is 2. The number of alkyl halides is 1. The third-order valence-corrected chi connectivity index (χ3v) is 11.5. The minimum absolute atomic E-state index is 0.0169. The fraction of sp³-hybridized carbons (Fsp3) is 0.581. The van der Waals surface area contributed by atoms with Gasteiger partial charge in [-0.2, -0.15) is 8.42 Å². The van der Waals surface area contributed by atoms with Gasteiger partial charge in [-0.3, -0.25) is 13.8 Å². The molecule has 9 nitrogen and oxygen atoms in total. The van der Waals surface area contributed by atoms with Gasteiger partial charge < -0.3 is 14.6 Å². The molecule has 8 atom stereocenters. The number of allylic oxidation sites excluding steroid dienone is 4. The molecule has 0 bridgehead atoms. The van der Waals surface area contributed by atoms with Crippen LogP contribution in [0.3, 0.4) is 0 Å². The molecular weight excluding hydrogens is 567 g/mol. The molecule has 0 amide bonds. The minimum atomic E-state index is -4.31. The fourth-order valence-electron chi connectivity index (χ4n) is 8.32. The average Bonchev–Trinajstić information content (AvgIpc) is 3.20. The number of aryl methyl sites for hydroxylation is 1. The van der Waals surface area contributed by atoms with E-state index in [2.05, 4.69) is 0 Å². The second-order valence-corrected chi connectivity index (χ2v) is 14.0. The molecule has 0 aliphatic heterocycles. The van der Waals surface area contributed by atoms with Crippen LogP contribution in [0.15, 0.2) is 53.0 Å². The number of carbonyl (C=O) groups excluding carboxylic acids is 3. The number of fused-ring (bicyclic) bond motifs is 5. The van der Waals surface area contributed by atoms with Gasteiger partial charge in [0.2, 0.25) is 5.78 Å². The first-order valence-electron chi connectivity index (χ1n) is 14.3. The van der Waals surface area contributed by atoms with E-state index in [-0.39, 0.29) is 42.5 Å². The molecule has 4 aliphatic carbocycles. The summed E-state index contributed by atoms with van der Waals surface area (Å²) in [5.41, 5.74) is -2.77. The maximum Gasteiger partial charge on any atom is 0.509 e. The lowest BCUT2D eigenvalue weighted by molar-refractivity contribution is -0.185. The van der Waals surface area contributed by atoms with Gasteiger partial charge in [0.05, 0.1) is 17.6 Å². The van der Waals surface area contributed by atoms with Crippen LogP contribution < -0.4 is 0 Å². The molecule has 3 fully saturated rings. The summed E-state index contributed by atoms with van der Waals surface area (Å²) in [4.78, 5) is 38.7. The second-order valence-electron chi connectivity index (χ2n) is 12.4. The number of benzene rings is 1. The molecule has 3 saturated carbocycles. The molecule has 228 valence electrons. The van der Waals surface area contributed by atoms with Crippen molar-refractivity contribution in [3.8, 4) is 0 Å². The highest BCUT2D eigenvalue weighted by atomic mass is 32.2. The van der Waals surface area contributed by atoms with Gasteiger partial charge in [-0.25, -0.2) is 9.18 Å². The van der Waals surface area contributed by atoms with E-state index >= 15 is 4.39 Å². The topological polar surface area (TPSA) is 133 Å². The van der Waals surface area contributed by atoms with E-state index in [0.29, 0.717) is 12.0 Å². The molecule has 1 aromatic carbocycles. The Kier molecular flexibility index (Phi) is 7.77. The second kappa shape index (κ2) is 10.7. The van der Waals surface area contributed by atoms with Crippen LogP contribution in [0.5, 0.6) is 0 Å². The number of ketones is 2. The third-order valence-electron chi connectivity index (χ3n) is 10.2. The molecule has 42 heavy (non-hydrogen) atoms. The molecule has 11 heteroatoms. The average molecular weight is 605 g/mol. The van der Waals surface area contributed by atoms with E-state index < -0.39 is 69.2 Å². The van der Waals surface area contributed by atoms with E-state index in [4.69, 9.17) is 13.7 Å². The highest BCUT2D eigenvalue weighted by molar-refractivity contribution is 7.86. The molecule has 0 aromatic heterocycles. The van der Waals surface area contributed by atoms with Crippen LogP contribution in [-0.2, 0) is 33.4 Å². The van der Waals surface area contributed by atoms with Crippen molar-refractivity contribution in [2.45, 2.75) is 76.2 Å². The largest absolute Gasteiger partial charge is 0.509 e. The zero-order chi connectivity index (χ0) is 30.7. The summed E-state index contributed by atoms with van der Waals surface area (Å²) in [6.07, 6.45) is 1.28. The molecule has 4 aliphatic rings. The molecule has 1 unspecified atom stereocenters. The van der Waals surface area contributed by atoms with Crippen molar-refractivity contribution in [1.82, 2.24) is 0 Å². The molecular formula is C31H37FO9S. The first-order chi connectivity index (χ1) is 19.7. The summed E-state index contributed by atoms with van der Waals surface area (Å²) in [5, 5.41) is 11.7. The lowest BCUT2D eigenvalue weighted by Crippen LogP contribution is -2.64. The molecule has 0 spiro atoms. The van der Waals surface area contributed by atoms with Crippen molar-refractivity contribution in [3.05, 3.63) is 53.6 Å². The monoisotopic (exact) mass is 604 g/mol. The SMILES string of the molecule is CCOC(=O)O[C@]1(C(=O)COS(=O)(=O)c2ccc(C)cc2)CC[C@H]2[C@@H]3C[C@H](F)C4=CC(=O)C=C[C@]4(C)[C@H]3C(O)C[C@@]21C. The number of carbonyl (C=O) groups is 3. The highest BCUT2D eigenvalue weighted by Gasteiger charge is 2.71. The number of rotatable bonds is 7. The van der Waals surface area contributed by atoms with Gasteiger partial charge in [0, 0.05) is 16.7 Å². The van der Waals surface area contributed by atoms with Crippen molar-refractivity contribution in [2.24, 2.45) is 28.6 Å². The van der Waals surface area contributed by atoms with E-state index in [0.717, 1.165) is 5.56 Å². The highest BCUT2D eigenvalue weighted by Crippen LogP contribution is 2.68. The van der Waals surface area contributed by atoms with E-state index in [1.54, 1.807) is 39.0 Å². The first kappa shape index (κ1) is 30.6. The number of Topliss-reactive ketones (excluding diaryl/α,β-unsaturated/α-hetero) is 1. The van der Waals surface area contributed by atoms with Gasteiger partial charge in [-0.15, -0.1) is 0 Å². The molecule has 0 heterocycles. The normalized spacial score (nSPS) is 37.2. The van der Waals surface area contributed by atoms with Gasteiger partial charge >= 0.3 is 6.16 Å². The van der Waals surface area contributed by atoms with Crippen molar-refractivity contribution >= 4 is 27.8 Å². The Morgan fingerprint density at radius 3 is 2.52 bits per heavy atom. The molecule has 1 aromatic rings. The predicted octanol–water partition coefficient (Wildman–Crippen LogP) is 4.41. The zero-order valence-corrected chi connectivity index (χ0v) is 25.0. The van der Waals surface area contributed by atoms with Crippen LogP contribution in [0.2, 0.25) is 0 Å². The Hall–Kier alpha value is -2.89. The van der Waals surface area contributed by atoms with Crippen molar-refractivity contribution in [1.29, 1.82) is 0 Å². The molecule has 1 N–H and O–H groups in total. The van der Waals surface area contributed by atoms with Crippen molar-refractivity contribution in [2.75, 3.05) is 13.2 Å². The maximum atomic E-state index is 15.7. The van der Waals surface area contributed by atoms with Crippen LogP contribution in [0.25, 0.3) is 0 Å². The summed E-state index contributed by atoms with van der Waals surface area (Å²) >= 11 is 0. The fourth-order valence-corrected chi connectivity index (χ4v) is 9.18. The summed E-state index contributed by atoms with van der Waals surface area (Å²) in [5.74, 6) is -2.28. The lowest BCUT2D eigenvalue weighted by atomic mass is 9.46. The molecule has 0 saturated heterocycles. The summed E-state index contributed by atoms with van der Waals surface area (Å²) < 4.78 is 57.5. The first-order valence-corrected chi connectivity index (χ1v) is 15.7. The smallest absolute Gasteiger partial charge is 0.435 e. The summed E-state index contributed by atoms with van der Waals surface area (Å²) in [6, 6.07) is 5.95. The Morgan fingerprint density at radius 1 is 1.17 bits per heavy atom. The van der Waals surface area contributed by atoms with Gasteiger partial charge in [-0.05, 0) is 81.2 Å². The zero-order valence-electron chi connectivity index (χ0n) is 24.2. The van der Waals surface area contributed by atoms with Gasteiger partial charge in [0.15, 0.2) is 11.4 Å². The van der Waals surface area contributed by atoms with Gasteiger partial charge in [-0.1, -0.05) is 37.6 Å². The standard InChI is InChI=1S/C31H37FO9S/c1-5-39-28(36)41-31(26(35)17-40-42(37,38)20-8-6-18(2)7-9-20)13-11-22-21-15-24(32)23-14-19(33)10-12-29(23,3)27(21)25(34)16-30(22,31)4/h6-10,12,14,21-22,24-25,27,34H,5,11,13,15-17H2,1-4H3/t21-,22-,24-,25?,27+,29-,30-,31-/m0/s1. The quantitative estimate of drug-likeness (QED) is 0.355. The number of aliphatic hydroxyl groups is 1. The Morgan fingerprint density at radius 2 is 1.86 bits per heavy atom. The Bertz CT molecular complexity index is 1450. The lowest BCUT2D eigenvalue weighted by Gasteiger charge is -2.60. The number of hydrogen-bond donors (Lipinski definition) is 1. The van der Waals surface area contributed by atoms with Gasteiger partial charge in [0.25, 0.3) is 10.1 Å². The summed E-state index contributed by atoms with van der Waals surface area (Å²) in [7, 11) is -4.31. The minimum Gasteiger partial charge on any atom is -0.435 e. The molecule has 5 rings (SSSR count). The van der Waals surface area contributed by atoms with Crippen LogP contribution in [0.1, 0.15) is 52.0 Å². The van der Waals surface area contributed by atoms with Crippen LogP contribution in [0, 0.1) is 35.5 Å². The van der Waals surface area contributed by atoms with E-state index in [1.807, 2.05) is 6.92 Å². The van der Waals surface area contributed by atoms with Crippen LogP contribution in [0.4, 0.5) is 9.18 Å². The van der Waals surface area contributed by atoms with Crippen LogP contribution >= 0.6 is 0 Å². The number of hydrogen-bond acceptors (Lipinski definition) is 9. The summed E-state index contributed by atoms with van der Waals surface area (Å²) in [6.45, 7) is 6.02. The van der Waals surface area contributed by atoms with Gasteiger partial charge in [0.1, 0.15) is 12.8 Å². The van der Waals surface area contributed by atoms with Crippen molar-refractivity contribution < 1.29 is 46.0 Å². The number of halogens is 1. The molecule has 0 radical (unpaired) electrons. The van der Waals surface area contributed by atoms with E-state index in [1.165, 1.54) is 24.3 Å². The van der Waals surface area contributed by atoms with E-state index in [9.17, 15) is 27.9 Å². The van der Waals surface area contributed by atoms with Crippen molar-refractivity contribution in [3.63, 3.8) is 0 Å². The number of aliphatic hydroxyl groups excluding tert-OH is 1.